The summed E-state index contributed by atoms with van der Waals surface area (Å²) in [7, 11) is -3.62. The zero-order valence-electron chi connectivity index (χ0n) is 14.5. The Morgan fingerprint density at radius 1 is 0.960 bits per heavy atom. The van der Waals surface area contributed by atoms with Crippen LogP contribution in [0.3, 0.4) is 0 Å². The van der Waals surface area contributed by atoms with E-state index in [-0.39, 0.29) is 4.90 Å². The van der Waals surface area contributed by atoms with Crippen molar-refractivity contribution in [3.8, 4) is 0 Å². The van der Waals surface area contributed by atoms with Gasteiger partial charge < -0.3 is 0 Å². The Hall–Kier alpha value is -2.14. The molecule has 0 amide bonds. The van der Waals surface area contributed by atoms with Crippen LogP contribution in [0.15, 0.2) is 59.5 Å². The first-order chi connectivity index (χ1) is 12.0. The van der Waals surface area contributed by atoms with E-state index in [1.165, 1.54) is 19.3 Å². The molecule has 1 aliphatic rings. The lowest BCUT2D eigenvalue weighted by Gasteiger charge is -2.17. The molecule has 1 fully saturated rings. The van der Waals surface area contributed by atoms with Crippen LogP contribution >= 0.6 is 0 Å². The summed E-state index contributed by atoms with van der Waals surface area (Å²) in [6, 6.07) is 16.8. The lowest BCUT2D eigenvalue weighted by atomic mass is 9.96. The van der Waals surface area contributed by atoms with E-state index in [1.54, 1.807) is 12.1 Å². The minimum Gasteiger partial charge on any atom is -0.271 e. The van der Waals surface area contributed by atoms with Crippen LogP contribution in [0.1, 0.15) is 43.2 Å². The summed E-state index contributed by atoms with van der Waals surface area (Å²) in [5.41, 5.74) is 1.88. The van der Waals surface area contributed by atoms with Gasteiger partial charge in [0.15, 0.2) is 0 Å². The second-order valence-corrected chi connectivity index (χ2v) is 8.32. The zero-order valence-corrected chi connectivity index (χ0v) is 15.4. The van der Waals surface area contributed by atoms with Gasteiger partial charge in [-0.3, -0.25) is 4.99 Å². The number of hydrogen-bond donors (Lipinski definition) is 2. The highest BCUT2D eigenvalue weighted by molar-refractivity contribution is 7.90. The fourth-order valence-corrected chi connectivity index (χ4v) is 4.20. The summed E-state index contributed by atoms with van der Waals surface area (Å²) in [5.74, 6) is 0.563. The van der Waals surface area contributed by atoms with Crippen molar-refractivity contribution in [1.82, 2.24) is 4.72 Å². The van der Waals surface area contributed by atoms with E-state index in [0.29, 0.717) is 11.9 Å². The number of hydrogen-bond acceptors (Lipinski definition) is 2. The quantitative estimate of drug-likeness (QED) is 0.650. The Bertz CT molecular complexity index is 822. The van der Waals surface area contributed by atoms with Gasteiger partial charge in [-0.05, 0) is 56.9 Å². The highest BCUT2D eigenvalue weighted by Crippen LogP contribution is 2.15. The van der Waals surface area contributed by atoms with Gasteiger partial charge in [0.2, 0.25) is 0 Å². The molecule has 25 heavy (non-hydrogen) atoms. The lowest BCUT2D eigenvalue weighted by Crippen LogP contribution is -2.82. The lowest BCUT2D eigenvalue weighted by molar-refractivity contribution is -0.508. The third kappa shape index (κ3) is 4.69. The Kier molecular flexibility index (Phi) is 5.53. The third-order valence-electron chi connectivity index (χ3n) is 4.58. The topological polar surface area (TPSA) is 60.1 Å². The molecule has 2 aromatic carbocycles. The second kappa shape index (κ2) is 7.83. The van der Waals surface area contributed by atoms with Crippen LogP contribution in [-0.2, 0) is 10.0 Å². The first-order valence-electron chi connectivity index (χ1n) is 8.83. The van der Waals surface area contributed by atoms with Gasteiger partial charge in [0.25, 0.3) is 5.84 Å². The molecule has 0 radical (unpaired) electrons. The normalized spacial score (nSPS) is 16.6. The largest absolute Gasteiger partial charge is 0.328 e. The molecule has 0 bridgehead atoms. The van der Waals surface area contributed by atoms with Crippen LogP contribution in [0.5, 0.6) is 0 Å². The number of rotatable bonds is 4. The maximum absolute atomic E-state index is 12.8. The Labute approximate surface area is 150 Å². The Morgan fingerprint density at radius 2 is 1.60 bits per heavy atom. The van der Waals surface area contributed by atoms with Crippen molar-refractivity contribution in [3.05, 3.63) is 65.7 Å². The third-order valence-corrected chi connectivity index (χ3v) is 5.95. The smallest absolute Gasteiger partial charge is 0.271 e. The minimum atomic E-state index is -3.62. The molecule has 132 valence electrons. The average molecular weight is 357 g/mol. The van der Waals surface area contributed by atoms with E-state index in [4.69, 9.17) is 0 Å². The fraction of sp³-hybridized carbons (Fsp3) is 0.350. The van der Waals surface area contributed by atoms with Gasteiger partial charge in [-0.2, -0.15) is 13.1 Å². The Balaban J connectivity index is 1.91. The summed E-state index contributed by atoms with van der Waals surface area (Å²) in [4.78, 5) is 3.71. The van der Waals surface area contributed by atoms with Gasteiger partial charge in [0.05, 0.1) is 11.6 Å². The van der Waals surface area contributed by atoms with Crippen molar-refractivity contribution in [2.24, 2.45) is 0 Å². The van der Waals surface area contributed by atoms with Crippen molar-refractivity contribution < 1.29 is 13.4 Å². The monoisotopic (exact) mass is 357 g/mol. The van der Waals surface area contributed by atoms with Crippen LogP contribution in [0.4, 0.5) is 0 Å². The predicted octanol–water partition coefficient (Wildman–Crippen LogP) is 2.13. The molecule has 2 aromatic rings. The fourth-order valence-electron chi connectivity index (χ4n) is 3.14. The van der Waals surface area contributed by atoms with Crippen molar-refractivity contribution >= 4 is 15.9 Å². The molecule has 0 heterocycles. The molecule has 2 N–H and O–H groups in total. The average Bonchev–Trinajstić information content (AvgIpc) is 2.63. The van der Waals surface area contributed by atoms with Crippen molar-refractivity contribution in [1.29, 1.82) is 0 Å². The van der Waals surface area contributed by atoms with Crippen molar-refractivity contribution in [3.63, 3.8) is 0 Å². The summed E-state index contributed by atoms with van der Waals surface area (Å²) < 4.78 is 28.4. The highest BCUT2D eigenvalue weighted by atomic mass is 32.2. The molecule has 0 aromatic heterocycles. The maximum Gasteiger partial charge on any atom is 0.328 e. The van der Waals surface area contributed by atoms with Gasteiger partial charge >= 0.3 is 10.0 Å². The zero-order chi connectivity index (χ0) is 17.7. The molecule has 0 unspecified atom stereocenters. The molecule has 0 aliphatic heterocycles. The number of benzene rings is 2. The predicted molar refractivity (Wildman–Crippen MR) is 99.9 cm³/mol. The van der Waals surface area contributed by atoms with E-state index >= 15 is 0 Å². The number of aryl methyl sites for hydroxylation is 1. The first-order valence-corrected chi connectivity index (χ1v) is 10.3. The van der Waals surface area contributed by atoms with Crippen LogP contribution in [0.25, 0.3) is 0 Å². The molecule has 0 saturated heterocycles. The van der Waals surface area contributed by atoms with Gasteiger partial charge in [-0.15, -0.1) is 0 Å². The summed E-state index contributed by atoms with van der Waals surface area (Å²) in [6.07, 6.45) is 5.77. The number of sulfonamides is 1. The van der Waals surface area contributed by atoms with Gasteiger partial charge in [0.1, 0.15) is 4.90 Å². The van der Waals surface area contributed by atoms with E-state index in [0.717, 1.165) is 24.0 Å². The summed E-state index contributed by atoms with van der Waals surface area (Å²) in [6.45, 7) is 1.94. The maximum atomic E-state index is 12.8. The van der Waals surface area contributed by atoms with Crippen LogP contribution in [0, 0.1) is 6.92 Å². The van der Waals surface area contributed by atoms with Crippen LogP contribution in [0.2, 0.25) is 0 Å². The van der Waals surface area contributed by atoms with E-state index in [1.807, 2.05) is 49.4 Å². The van der Waals surface area contributed by atoms with Crippen molar-refractivity contribution in [2.45, 2.75) is 50.0 Å². The first kappa shape index (κ1) is 17.7. The van der Waals surface area contributed by atoms with Gasteiger partial charge in [-0.1, -0.05) is 42.3 Å². The highest BCUT2D eigenvalue weighted by Gasteiger charge is 2.25. The summed E-state index contributed by atoms with van der Waals surface area (Å²) >= 11 is 0. The molecule has 4 nitrogen and oxygen atoms in total. The van der Waals surface area contributed by atoms with Crippen LogP contribution < -0.4 is 9.71 Å². The standard InChI is InChI=1S/C20H24N2O2S/c1-16-12-14-19(15-13-16)25(23,24)22-20(17-8-4-2-5-9-17)21-18-10-6-3-7-11-18/h2,4-5,8-9,12-15,18H,3,6-7,10-11H2,1H3,(H,21,22)/p+1. The van der Waals surface area contributed by atoms with E-state index < -0.39 is 10.0 Å². The molecule has 3 rings (SSSR count). The molecular weight excluding hydrogens is 332 g/mol. The minimum absolute atomic E-state index is 0.275. The summed E-state index contributed by atoms with van der Waals surface area (Å²) in [5, 5.41) is 0. The van der Waals surface area contributed by atoms with E-state index in [2.05, 4.69) is 9.71 Å². The molecule has 0 atom stereocenters. The molecular formula is C20H25N2O2S+. The molecule has 0 spiro atoms. The van der Waals surface area contributed by atoms with E-state index in [9.17, 15) is 8.42 Å². The second-order valence-electron chi connectivity index (χ2n) is 6.64. The van der Waals surface area contributed by atoms with Crippen molar-refractivity contribution in [2.75, 3.05) is 0 Å². The van der Waals surface area contributed by atoms with Crippen LogP contribution in [-0.4, -0.2) is 20.3 Å². The van der Waals surface area contributed by atoms with Gasteiger partial charge in [-0.25, -0.2) is 0 Å². The Morgan fingerprint density at radius 3 is 2.24 bits per heavy atom. The molecule has 1 aliphatic carbocycles. The number of amidine groups is 1. The number of nitrogens with one attached hydrogen (secondary N) is 2. The molecule has 1 saturated carbocycles. The SMILES string of the molecule is Cc1ccc(S(=O)(=O)NC(=[NH+]C2CCCCC2)c2ccccc2)cc1. The van der Waals surface area contributed by atoms with Gasteiger partial charge in [0, 0.05) is 0 Å². The molecule has 5 heteroatoms.